The highest BCUT2D eigenvalue weighted by Crippen LogP contribution is 2.43. The first-order chi connectivity index (χ1) is 8.29. The summed E-state index contributed by atoms with van der Waals surface area (Å²) in [5.74, 6) is 0.185. The Morgan fingerprint density at radius 2 is 1.89 bits per heavy atom. The predicted octanol–water partition coefficient (Wildman–Crippen LogP) is 1.87. The predicted molar refractivity (Wildman–Crippen MR) is 76.2 cm³/mol. The number of hydrogen-bond donors (Lipinski definition) is 2. The number of benzene rings is 1. The van der Waals surface area contributed by atoms with E-state index in [1.165, 1.54) is 0 Å². The van der Waals surface area contributed by atoms with E-state index in [4.69, 9.17) is 0 Å². The summed E-state index contributed by atoms with van der Waals surface area (Å²) < 4.78 is 0. The maximum atomic E-state index is 12.3. The van der Waals surface area contributed by atoms with E-state index < -0.39 is 0 Å². The van der Waals surface area contributed by atoms with Gasteiger partial charge in [-0.05, 0) is 25.5 Å². The third-order valence-electron chi connectivity index (χ3n) is 3.63. The van der Waals surface area contributed by atoms with Gasteiger partial charge < -0.3 is 10.6 Å². The average molecular weight is 269 g/mol. The van der Waals surface area contributed by atoms with E-state index in [0.29, 0.717) is 6.54 Å². The van der Waals surface area contributed by atoms with Crippen LogP contribution in [0.25, 0.3) is 0 Å². The summed E-state index contributed by atoms with van der Waals surface area (Å²) in [6, 6.07) is 10.1. The molecule has 0 bridgehead atoms. The monoisotopic (exact) mass is 268 g/mol. The van der Waals surface area contributed by atoms with Gasteiger partial charge in [-0.3, -0.25) is 4.79 Å². The van der Waals surface area contributed by atoms with Crippen LogP contribution in [0.15, 0.2) is 30.3 Å². The Bertz CT molecular complexity index is 377. The highest BCUT2D eigenvalue weighted by Gasteiger charge is 2.45. The summed E-state index contributed by atoms with van der Waals surface area (Å²) in [5, 5.41) is 6.06. The molecule has 4 heteroatoms. The van der Waals surface area contributed by atoms with Gasteiger partial charge in [0, 0.05) is 13.1 Å². The van der Waals surface area contributed by atoms with E-state index in [-0.39, 0.29) is 23.7 Å². The van der Waals surface area contributed by atoms with Gasteiger partial charge in [0.05, 0.1) is 5.41 Å². The van der Waals surface area contributed by atoms with Crippen molar-refractivity contribution in [2.45, 2.75) is 24.7 Å². The summed E-state index contributed by atoms with van der Waals surface area (Å²) in [4.78, 5) is 12.3. The zero-order valence-electron chi connectivity index (χ0n) is 10.7. The van der Waals surface area contributed by atoms with E-state index in [2.05, 4.69) is 22.8 Å². The maximum absolute atomic E-state index is 12.3. The summed E-state index contributed by atoms with van der Waals surface area (Å²) in [6.07, 6.45) is 3.10. The van der Waals surface area contributed by atoms with E-state index in [9.17, 15) is 4.79 Å². The van der Waals surface area contributed by atoms with Crippen LogP contribution in [0.4, 0.5) is 0 Å². The zero-order chi connectivity index (χ0) is 12.1. The number of likely N-dealkylation sites (N-methyl/N-ethyl adjacent to an activating group) is 1. The van der Waals surface area contributed by atoms with Crippen LogP contribution in [0, 0.1) is 0 Å². The molecule has 0 spiro atoms. The fourth-order valence-corrected chi connectivity index (χ4v) is 2.40. The summed E-state index contributed by atoms with van der Waals surface area (Å²) in [7, 11) is 1.89. The topological polar surface area (TPSA) is 41.1 Å². The minimum Gasteiger partial charge on any atom is -0.354 e. The lowest BCUT2D eigenvalue weighted by Crippen LogP contribution is -2.50. The molecule has 3 nitrogen and oxygen atoms in total. The number of hydrogen-bond acceptors (Lipinski definition) is 2. The molecule has 0 radical (unpaired) electrons. The molecule has 18 heavy (non-hydrogen) atoms. The van der Waals surface area contributed by atoms with Crippen molar-refractivity contribution in [3.63, 3.8) is 0 Å². The van der Waals surface area contributed by atoms with Crippen LogP contribution in [-0.4, -0.2) is 26.0 Å². The molecule has 1 aliphatic rings. The largest absolute Gasteiger partial charge is 0.354 e. The average Bonchev–Trinajstić information content (AvgIpc) is 2.29. The Hall–Kier alpha value is -1.06. The summed E-state index contributed by atoms with van der Waals surface area (Å²) in [5.41, 5.74) is 0.905. The van der Waals surface area contributed by atoms with E-state index in [0.717, 1.165) is 31.4 Å². The van der Waals surface area contributed by atoms with Gasteiger partial charge in [0.2, 0.25) is 5.91 Å². The van der Waals surface area contributed by atoms with Crippen LogP contribution in [0.1, 0.15) is 24.8 Å². The van der Waals surface area contributed by atoms with E-state index >= 15 is 0 Å². The highest BCUT2D eigenvalue weighted by atomic mass is 35.5. The van der Waals surface area contributed by atoms with Gasteiger partial charge in [0.1, 0.15) is 0 Å². The van der Waals surface area contributed by atoms with Crippen LogP contribution < -0.4 is 10.6 Å². The molecule has 2 rings (SSSR count). The lowest BCUT2D eigenvalue weighted by Gasteiger charge is -2.40. The second-order valence-electron chi connectivity index (χ2n) is 4.66. The van der Waals surface area contributed by atoms with Crippen molar-refractivity contribution in [1.29, 1.82) is 0 Å². The van der Waals surface area contributed by atoms with Crippen molar-refractivity contribution in [3.8, 4) is 0 Å². The molecule has 2 N–H and O–H groups in total. The molecule has 1 aromatic carbocycles. The van der Waals surface area contributed by atoms with Crippen LogP contribution in [0.2, 0.25) is 0 Å². The molecule has 1 aromatic rings. The second-order valence-corrected chi connectivity index (χ2v) is 4.66. The van der Waals surface area contributed by atoms with Crippen molar-refractivity contribution in [2.24, 2.45) is 0 Å². The second kappa shape index (κ2) is 6.76. The Balaban J connectivity index is 0.00000162. The molecular formula is C14H21ClN2O. The minimum atomic E-state index is -0.255. The Kier molecular flexibility index (Phi) is 5.63. The van der Waals surface area contributed by atoms with Crippen molar-refractivity contribution in [2.75, 3.05) is 20.1 Å². The first kappa shape index (κ1) is 15.0. The van der Waals surface area contributed by atoms with Crippen LogP contribution in [-0.2, 0) is 10.2 Å². The summed E-state index contributed by atoms with van der Waals surface area (Å²) >= 11 is 0. The first-order valence-electron chi connectivity index (χ1n) is 6.28. The molecule has 0 heterocycles. The number of carbonyl (C=O) groups is 1. The third kappa shape index (κ3) is 2.85. The number of halogens is 1. The molecule has 100 valence electrons. The van der Waals surface area contributed by atoms with Gasteiger partial charge in [-0.1, -0.05) is 36.8 Å². The number of amides is 1. The minimum absolute atomic E-state index is 0. The highest BCUT2D eigenvalue weighted by molar-refractivity contribution is 5.89. The third-order valence-corrected chi connectivity index (χ3v) is 3.63. The van der Waals surface area contributed by atoms with Gasteiger partial charge in [-0.2, -0.15) is 0 Å². The van der Waals surface area contributed by atoms with E-state index in [1.54, 1.807) is 0 Å². The Morgan fingerprint density at radius 1 is 1.22 bits per heavy atom. The molecule has 1 aliphatic carbocycles. The Labute approximate surface area is 115 Å². The maximum Gasteiger partial charge on any atom is 0.230 e. The number of carbonyl (C=O) groups excluding carboxylic acids is 1. The lowest BCUT2D eigenvalue weighted by molar-refractivity contribution is -0.129. The molecule has 0 saturated heterocycles. The van der Waals surface area contributed by atoms with Gasteiger partial charge in [0.25, 0.3) is 0 Å². The number of nitrogens with one attached hydrogen (secondary N) is 2. The fourth-order valence-electron chi connectivity index (χ4n) is 2.40. The standard InChI is InChI=1S/C14H20N2O.ClH/c1-15-10-11-16-13(17)14(8-5-9-14)12-6-3-2-4-7-12;/h2-4,6-7,15H,5,8-11H2,1H3,(H,16,17);1H. The van der Waals surface area contributed by atoms with Crippen molar-refractivity contribution < 1.29 is 4.79 Å². The zero-order valence-corrected chi connectivity index (χ0v) is 11.6. The summed E-state index contributed by atoms with van der Waals surface area (Å²) in [6.45, 7) is 1.51. The van der Waals surface area contributed by atoms with Gasteiger partial charge in [-0.15, -0.1) is 12.4 Å². The number of rotatable bonds is 5. The Morgan fingerprint density at radius 3 is 2.39 bits per heavy atom. The van der Waals surface area contributed by atoms with E-state index in [1.807, 2.05) is 25.2 Å². The van der Waals surface area contributed by atoms with Crippen LogP contribution in [0.3, 0.4) is 0 Å². The van der Waals surface area contributed by atoms with Gasteiger partial charge >= 0.3 is 0 Å². The fraction of sp³-hybridized carbons (Fsp3) is 0.500. The van der Waals surface area contributed by atoms with Crippen molar-refractivity contribution in [1.82, 2.24) is 10.6 Å². The first-order valence-corrected chi connectivity index (χ1v) is 6.28. The smallest absolute Gasteiger partial charge is 0.230 e. The van der Waals surface area contributed by atoms with Crippen molar-refractivity contribution in [3.05, 3.63) is 35.9 Å². The molecule has 0 aliphatic heterocycles. The van der Waals surface area contributed by atoms with Crippen molar-refractivity contribution >= 4 is 18.3 Å². The molecular weight excluding hydrogens is 248 g/mol. The molecule has 0 aromatic heterocycles. The molecule has 1 fully saturated rings. The molecule has 1 saturated carbocycles. The van der Waals surface area contributed by atoms with Crippen LogP contribution >= 0.6 is 12.4 Å². The molecule has 0 unspecified atom stereocenters. The quantitative estimate of drug-likeness (QED) is 0.801. The normalized spacial score (nSPS) is 16.3. The van der Waals surface area contributed by atoms with Crippen LogP contribution in [0.5, 0.6) is 0 Å². The SMILES string of the molecule is CNCCNC(=O)C1(c2ccccc2)CCC1.Cl. The van der Waals surface area contributed by atoms with Gasteiger partial charge in [0.15, 0.2) is 0 Å². The lowest BCUT2D eigenvalue weighted by atomic mass is 9.64. The van der Waals surface area contributed by atoms with Gasteiger partial charge in [-0.25, -0.2) is 0 Å². The molecule has 1 amide bonds. The molecule has 0 atom stereocenters.